The fourth-order valence-corrected chi connectivity index (χ4v) is 1.18. The summed E-state index contributed by atoms with van der Waals surface area (Å²) in [6.07, 6.45) is 1.49. The van der Waals surface area contributed by atoms with E-state index in [-0.39, 0.29) is 12.7 Å². The maximum atomic E-state index is 9.47. The maximum Gasteiger partial charge on any atom is 0.0665 e. The molecule has 1 atom stereocenters. The highest BCUT2D eigenvalue weighted by atomic mass is 16.3. The molecule has 0 heterocycles. The van der Waals surface area contributed by atoms with Crippen LogP contribution in [0.3, 0.4) is 0 Å². The van der Waals surface area contributed by atoms with Crippen molar-refractivity contribution in [3.8, 4) is 0 Å². The molecule has 0 bridgehead atoms. The Balaban J connectivity index is 3.14. The number of aliphatic hydroxyl groups is 2. The van der Waals surface area contributed by atoms with Gasteiger partial charge >= 0.3 is 0 Å². The summed E-state index contributed by atoms with van der Waals surface area (Å²) in [7, 11) is 0. The lowest BCUT2D eigenvalue weighted by Crippen LogP contribution is -2.30. The van der Waals surface area contributed by atoms with Crippen LogP contribution >= 0.6 is 0 Å². The zero-order valence-electron chi connectivity index (χ0n) is 9.29. The smallest absolute Gasteiger partial charge is 0.0665 e. The molecule has 0 saturated carbocycles. The van der Waals surface area contributed by atoms with Gasteiger partial charge in [-0.25, -0.2) is 0 Å². The van der Waals surface area contributed by atoms with Gasteiger partial charge in [0.05, 0.1) is 12.7 Å². The van der Waals surface area contributed by atoms with Crippen molar-refractivity contribution in [3.05, 3.63) is 0 Å². The van der Waals surface area contributed by atoms with Gasteiger partial charge in [-0.3, -0.25) is 0 Å². The second kappa shape index (κ2) is 9.40. The minimum absolute atomic E-state index is 0.127. The summed E-state index contributed by atoms with van der Waals surface area (Å²) in [4.78, 5) is 0. The van der Waals surface area contributed by atoms with Crippen molar-refractivity contribution in [3.63, 3.8) is 0 Å². The molecule has 4 nitrogen and oxygen atoms in total. The highest BCUT2D eigenvalue weighted by Gasteiger charge is 2.02. The van der Waals surface area contributed by atoms with Gasteiger partial charge in [0.2, 0.25) is 0 Å². The number of hydrogen-bond donors (Lipinski definition) is 4. The summed E-state index contributed by atoms with van der Waals surface area (Å²) < 4.78 is 0. The van der Waals surface area contributed by atoms with Crippen molar-refractivity contribution in [1.29, 1.82) is 0 Å². The van der Waals surface area contributed by atoms with E-state index in [1.54, 1.807) is 0 Å². The molecule has 0 spiro atoms. The maximum absolute atomic E-state index is 9.47. The third kappa shape index (κ3) is 9.92. The summed E-state index contributed by atoms with van der Waals surface area (Å²) in [5.74, 6) is 0. The van der Waals surface area contributed by atoms with Crippen molar-refractivity contribution in [2.45, 2.75) is 38.8 Å². The lowest BCUT2D eigenvalue weighted by Gasteiger charge is -2.12. The van der Waals surface area contributed by atoms with Crippen LogP contribution in [0.1, 0.15) is 26.7 Å². The van der Waals surface area contributed by atoms with Gasteiger partial charge in [-0.2, -0.15) is 0 Å². The van der Waals surface area contributed by atoms with E-state index in [2.05, 4.69) is 24.5 Å². The summed E-state index contributed by atoms with van der Waals surface area (Å²) in [5, 5.41) is 24.2. The third-order valence-electron chi connectivity index (χ3n) is 1.94. The van der Waals surface area contributed by atoms with E-state index in [0.717, 1.165) is 19.4 Å². The number of rotatable bonds is 9. The van der Waals surface area contributed by atoms with Gasteiger partial charge in [0.15, 0.2) is 0 Å². The molecule has 0 amide bonds. The van der Waals surface area contributed by atoms with Crippen molar-refractivity contribution in [2.24, 2.45) is 0 Å². The van der Waals surface area contributed by atoms with Crippen LogP contribution in [0.2, 0.25) is 0 Å². The van der Waals surface area contributed by atoms with Crippen LogP contribution in [0, 0.1) is 0 Å². The molecule has 4 N–H and O–H groups in total. The summed E-state index contributed by atoms with van der Waals surface area (Å²) in [5.41, 5.74) is 0. The Kier molecular flexibility index (Phi) is 9.29. The van der Waals surface area contributed by atoms with E-state index in [0.29, 0.717) is 19.1 Å². The number of aliphatic hydroxyl groups excluding tert-OH is 2. The first-order valence-corrected chi connectivity index (χ1v) is 5.39. The number of hydrogen-bond acceptors (Lipinski definition) is 4. The molecule has 0 aromatic rings. The molecule has 86 valence electrons. The Hall–Kier alpha value is -0.160. The summed E-state index contributed by atoms with van der Waals surface area (Å²) in [6, 6.07) is 0.514. The van der Waals surface area contributed by atoms with Crippen molar-refractivity contribution in [2.75, 3.05) is 26.2 Å². The molecular weight excluding hydrogens is 180 g/mol. The Morgan fingerprint density at radius 3 is 2.50 bits per heavy atom. The van der Waals surface area contributed by atoms with E-state index in [1.165, 1.54) is 0 Å². The van der Waals surface area contributed by atoms with Crippen molar-refractivity contribution in [1.82, 2.24) is 10.6 Å². The monoisotopic (exact) mass is 204 g/mol. The second-order valence-corrected chi connectivity index (χ2v) is 3.83. The molecule has 0 aromatic heterocycles. The number of nitrogens with one attached hydrogen (secondary N) is 2. The van der Waals surface area contributed by atoms with Gasteiger partial charge in [0, 0.05) is 19.1 Å². The van der Waals surface area contributed by atoms with Crippen LogP contribution < -0.4 is 10.6 Å². The lowest BCUT2D eigenvalue weighted by molar-refractivity contribution is 0.155. The molecule has 0 aliphatic rings. The quantitative estimate of drug-likeness (QED) is 0.390. The molecule has 1 unspecified atom stereocenters. The zero-order chi connectivity index (χ0) is 10.8. The highest BCUT2D eigenvalue weighted by molar-refractivity contribution is 4.61. The minimum Gasteiger partial charge on any atom is -0.395 e. The largest absolute Gasteiger partial charge is 0.395 e. The van der Waals surface area contributed by atoms with Crippen LogP contribution in [0.25, 0.3) is 0 Å². The van der Waals surface area contributed by atoms with Crippen LogP contribution in [0.5, 0.6) is 0 Å². The van der Waals surface area contributed by atoms with E-state index in [9.17, 15) is 5.11 Å². The van der Waals surface area contributed by atoms with E-state index < -0.39 is 0 Å². The molecule has 0 aliphatic carbocycles. The predicted molar refractivity (Wildman–Crippen MR) is 58.3 cm³/mol. The van der Waals surface area contributed by atoms with E-state index >= 15 is 0 Å². The van der Waals surface area contributed by atoms with E-state index in [1.807, 2.05) is 0 Å². The predicted octanol–water partition coefficient (Wildman–Crippen LogP) is -0.293. The molecule has 0 saturated heterocycles. The molecule has 0 aliphatic heterocycles. The van der Waals surface area contributed by atoms with Crippen LogP contribution in [-0.4, -0.2) is 48.6 Å². The van der Waals surface area contributed by atoms with Crippen molar-refractivity contribution < 1.29 is 10.2 Å². The molecule has 4 heteroatoms. The fourth-order valence-electron chi connectivity index (χ4n) is 1.18. The Morgan fingerprint density at radius 1 is 1.21 bits per heavy atom. The first-order valence-electron chi connectivity index (χ1n) is 5.39. The molecular formula is C10H24N2O2. The van der Waals surface area contributed by atoms with Gasteiger partial charge in [0.25, 0.3) is 0 Å². The van der Waals surface area contributed by atoms with Crippen LogP contribution in [0.15, 0.2) is 0 Å². The highest BCUT2D eigenvalue weighted by Crippen LogP contribution is 1.94. The second-order valence-electron chi connectivity index (χ2n) is 3.83. The third-order valence-corrected chi connectivity index (χ3v) is 1.94. The zero-order valence-corrected chi connectivity index (χ0v) is 9.29. The first-order chi connectivity index (χ1) is 6.66. The molecule has 0 radical (unpaired) electrons. The Bertz CT molecular complexity index is 121. The topological polar surface area (TPSA) is 64.5 Å². The van der Waals surface area contributed by atoms with E-state index in [4.69, 9.17) is 5.11 Å². The normalized spacial score (nSPS) is 13.5. The van der Waals surface area contributed by atoms with Gasteiger partial charge in [-0.15, -0.1) is 0 Å². The molecule has 0 aromatic carbocycles. The fraction of sp³-hybridized carbons (Fsp3) is 1.00. The SMILES string of the molecule is CC(C)NCCCC(O)CNCCO. The summed E-state index contributed by atoms with van der Waals surface area (Å²) >= 11 is 0. The van der Waals surface area contributed by atoms with Crippen LogP contribution in [0.4, 0.5) is 0 Å². The Morgan fingerprint density at radius 2 is 1.93 bits per heavy atom. The van der Waals surface area contributed by atoms with Crippen LogP contribution in [-0.2, 0) is 0 Å². The van der Waals surface area contributed by atoms with Crippen molar-refractivity contribution >= 4 is 0 Å². The average molecular weight is 204 g/mol. The Labute approximate surface area is 86.7 Å². The summed E-state index contributed by atoms with van der Waals surface area (Å²) in [6.45, 7) is 6.43. The first kappa shape index (κ1) is 13.8. The van der Waals surface area contributed by atoms with Gasteiger partial charge in [-0.1, -0.05) is 13.8 Å². The average Bonchev–Trinajstić information content (AvgIpc) is 2.13. The minimum atomic E-state index is -0.296. The molecule has 14 heavy (non-hydrogen) atoms. The molecule has 0 rings (SSSR count). The molecule has 0 fully saturated rings. The standard InChI is InChI=1S/C10H24N2O2/c1-9(2)12-5-3-4-10(14)8-11-6-7-13/h9-14H,3-8H2,1-2H3. The van der Waals surface area contributed by atoms with Gasteiger partial charge in [-0.05, 0) is 19.4 Å². The lowest BCUT2D eigenvalue weighted by atomic mass is 10.2. The van der Waals surface area contributed by atoms with Gasteiger partial charge < -0.3 is 20.8 Å². The van der Waals surface area contributed by atoms with Gasteiger partial charge in [0.1, 0.15) is 0 Å².